The molecule has 0 amide bonds. The molecule has 0 aliphatic rings. The number of aliphatic hydroxyl groups excluding tert-OH is 2. The minimum atomic E-state index is -4.55. The Bertz CT molecular complexity index is 417. The van der Waals surface area contributed by atoms with E-state index in [1.165, 1.54) is 0 Å². The summed E-state index contributed by atoms with van der Waals surface area (Å²) < 4.78 is 37.1. The van der Waals surface area contributed by atoms with E-state index >= 15 is 0 Å². The zero-order valence-electron chi connectivity index (χ0n) is 9.02. The second kappa shape index (κ2) is 6.10. The molecule has 1 aromatic rings. The molecule has 8 heteroatoms. The zero-order valence-corrected chi connectivity index (χ0v) is 10.7. The molecule has 2 unspecified atom stereocenters. The molecule has 18 heavy (non-hydrogen) atoms. The average molecular weight is 302 g/mol. The third kappa shape index (κ3) is 3.74. The maximum Gasteiger partial charge on any atom is 0.417 e. The van der Waals surface area contributed by atoms with Gasteiger partial charge in [-0.05, 0) is 18.2 Å². The highest BCUT2D eigenvalue weighted by Gasteiger charge is 2.32. The predicted molar refractivity (Wildman–Crippen MR) is 63.7 cm³/mol. The Morgan fingerprint density at radius 2 is 2.00 bits per heavy atom. The van der Waals surface area contributed by atoms with Gasteiger partial charge in [0.1, 0.15) is 6.10 Å². The highest BCUT2D eigenvalue weighted by atomic mass is 35.5. The fraction of sp³-hybridized carbons (Fsp3) is 0.500. The van der Waals surface area contributed by atoms with Gasteiger partial charge in [0.2, 0.25) is 0 Å². The molecule has 102 valence electrons. The third-order valence-electron chi connectivity index (χ3n) is 2.27. The molecule has 0 fully saturated rings. The van der Waals surface area contributed by atoms with Gasteiger partial charge in [-0.15, -0.1) is 0 Å². The Kier molecular flexibility index (Phi) is 5.27. The number of aromatic nitrogens is 1. The quantitative estimate of drug-likeness (QED) is 0.749. The van der Waals surface area contributed by atoms with Gasteiger partial charge in [-0.25, -0.2) is 0 Å². The van der Waals surface area contributed by atoms with E-state index in [1.807, 2.05) is 0 Å². The first-order chi connectivity index (χ1) is 8.27. The molecule has 1 aromatic heterocycles. The molecule has 1 rings (SSSR count). The molecule has 0 bridgehead atoms. The van der Waals surface area contributed by atoms with Gasteiger partial charge in [-0.2, -0.15) is 25.8 Å². The Balaban J connectivity index is 2.99. The van der Waals surface area contributed by atoms with E-state index in [0.29, 0.717) is 18.0 Å². The van der Waals surface area contributed by atoms with Crippen LogP contribution in [0, 0.1) is 0 Å². The van der Waals surface area contributed by atoms with Crippen molar-refractivity contribution in [1.82, 2.24) is 4.98 Å². The van der Waals surface area contributed by atoms with E-state index < -0.39 is 23.9 Å². The van der Waals surface area contributed by atoms with Crippen LogP contribution in [0.25, 0.3) is 0 Å². The lowest BCUT2D eigenvalue weighted by atomic mass is 10.1. The predicted octanol–water partition coefficient (Wildman–Crippen LogP) is 2.47. The summed E-state index contributed by atoms with van der Waals surface area (Å²) in [6.45, 7) is 0. The van der Waals surface area contributed by atoms with Crippen molar-refractivity contribution >= 4 is 24.2 Å². The SMILES string of the molecule is OC(CCS)C(O)c1ncc(C(F)(F)F)cc1Cl. The number of halogens is 4. The average Bonchev–Trinajstić information content (AvgIpc) is 2.27. The molecule has 0 aliphatic carbocycles. The normalized spacial score (nSPS) is 15.5. The molecule has 1 heterocycles. The van der Waals surface area contributed by atoms with E-state index in [1.54, 1.807) is 0 Å². The first-order valence-electron chi connectivity index (χ1n) is 4.97. The van der Waals surface area contributed by atoms with Crippen LogP contribution in [0.1, 0.15) is 23.8 Å². The number of thiol groups is 1. The maximum absolute atomic E-state index is 12.4. The smallest absolute Gasteiger partial charge is 0.390 e. The number of pyridine rings is 1. The van der Waals surface area contributed by atoms with Crippen molar-refractivity contribution in [2.45, 2.75) is 24.8 Å². The molecule has 2 atom stereocenters. The second-order valence-corrected chi connectivity index (χ2v) is 4.47. The molecule has 0 aliphatic heterocycles. The molecule has 3 nitrogen and oxygen atoms in total. The van der Waals surface area contributed by atoms with Gasteiger partial charge in [0.05, 0.1) is 22.4 Å². The molecule has 0 radical (unpaired) electrons. The lowest BCUT2D eigenvalue weighted by Crippen LogP contribution is -2.20. The Labute approximate surface area is 112 Å². The maximum atomic E-state index is 12.4. The van der Waals surface area contributed by atoms with Gasteiger partial charge < -0.3 is 10.2 Å². The minimum Gasteiger partial charge on any atom is -0.390 e. The van der Waals surface area contributed by atoms with Crippen LogP contribution in [0.2, 0.25) is 5.02 Å². The van der Waals surface area contributed by atoms with Crippen LogP contribution < -0.4 is 0 Å². The fourth-order valence-corrected chi connectivity index (χ4v) is 1.84. The minimum absolute atomic E-state index is 0.170. The second-order valence-electron chi connectivity index (χ2n) is 3.61. The number of alkyl halides is 3. The van der Waals surface area contributed by atoms with Crippen molar-refractivity contribution in [2.75, 3.05) is 5.75 Å². The van der Waals surface area contributed by atoms with Crippen LogP contribution in [0.3, 0.4) is 0 Å². The van der Waals surface area contributed by atoms with E-state index in [4.69, 9.17) is 11.6 Å². The molecule has 0 spiro atoms. The largest absolute Gasteiger partial charge is 0.417 e. The molecule has 2 N–H and O–H groups in total. The van der Waals surface area contributed by atoms with Crippen molar-refractivity contribution in [2.24, 2.45) is 0 Å². The molecular formula is C10H11ClF3NO2S. The van der Waals surface area contributed by atoms with Gasteiger partial charge in [0.15, 0.2) is 0 Å². The van der Waals surface area contributed by atoms with Gasteiger partial charge in [-0.3, -0.25) is 4.98 Å². The summed E-state index contributed by atoms with van der Waals surface area (Å²) in [6, 6.07) is 0.667. The molecule has 0 saturated heterocycles. The highest BCUT2D eigenvalue weighted by Crippen LogP contribution is 2.33. The van der Waals surface area contributed by atoms with Crippen LogP contribution in [0.15, 0.2) is 12.3 Å². The standard InChI is InChI=1S/C10H11ClF3NO2S/c11-6-3-5(10(12,13)14)4-15-8(6)9(17)7(16)1-2-18/h3-4,7,9,16-18H,1-2H2. The van der Waals surface area contributed by atoms with E-state index in [-0.39, 0.29) is 17.1 Å². The van der Waals surface area contributed by atoms with Crippen LogP contribution in [-0.2, 0) is 6.18 Å². The van der Waals surface area contributed by atoms with Crippen molar-refractivity contribution in [3.8, 4) is 0 Å². The summed E-state index contributed by atoms with van der Waals surface area (Å²) in [5.41, 5.74) is -1.19. The lowest BCUT2D eigenvalue weighted by molar-refractivity contribution is -0.137. The van der Waals surface area contributed by atoms with Crippen molar-refractivity contribution < 1.29 is 23.4 Å². The summed E-state index contributed by atoms with van der Waals surface area (Å²) in [5.74, 6) is 0.316. The molecule has 0 saturated carbocycles. The van der Waals surface area contributed by atoms with Crippen LogP contribution >= 0.6 is 24.2 Å². The number of nitrogens with zero attached hydrogens (tertiary/aromatic N) is 1. The zero-order chi connectivity index (χ0) is 13.9. The number of rotatable bonds is 4. The number of aliphatic hydroxyl groups is 2. The van der Waals surface area contributed by atoms with Crippen LogP contribution in [0.4, 0.5) is 13.2 Å². The van der Waals surface area contributed by atoms with E-state index in [9.17, 15) is 23.4 Å². The van der Waals surface area contributed by atoms with Crippen LogP contribution in [0.5, 0.6) is 0 Å². The topological polar surface area (TPSA) is 53.4 Å². The van der Waals surface area contributed by atoms with Crippen molar-refractivity contribution in [3.05, 3.63) is 28.5 Å². The number of hydrogen-bond acceptors (Lipinski definition) is 4. The van der Waals surface area contributed by atoms with Crippen LogP contribution in [-0.4, -0.2) is 27.1 Å². The third-order valence-corrected chi connectivity index (χ3v) is 2.83. The highest BCUT2D eigenvalue weighted by molar-refractivity contribution is 7.80. The Morgan fingerprint density at radius 3 is 2.44 bits per heavy atom. The summed E-state index contributed by atoms with van der Waals surface area (Å²) in [4.78, 5) is 3.46. The Morgan fingerprint density at radius 1 is 1.39 bits per heavy atom. The van der Waals surface area contributed by atoms with E-state index in [2.05, 4.69) is 17.6 Å². The van der Waals surface area contributed by atoms with Gasteiger partial charge >= 0.3 is 6.18 Å². The van der Waals surface area contributed by atoms with Gasteiger partial charge in [-0.1, -0.05) is 11.6 Å². The molecule has 0 aromatic carbocycles. The van der Waals surface area contributed by atoms with Gasteiger partial charge in [0.25, 0.3) is 0 Å². The van der Waals surface area contributed by atoms with Crippen molar-refractivity contribution in [3.63, 3.8) is 0 Å². The first kappa shape index (κ1) is 15.6. The summed E-state index contributed by atoms with van der Waals surface area (Å²) in [7, 11) is 0. The monoisotopic (exact) mass is 301 g/mol. The summed E-state index contributed by atoms with van der Waals surface area (Å²) >= 11 is 9.50. The summed E-state index contributed by atoms with van der Waals surface area (Å²) in [5, 5.41) is 18.9. The fourth-order valence-electron chi connectivity index (χ4n) is 1.29. The lowest BCUT2D eigenvalue weighted by Gasteiger charge is -2.18. The first-order valence-corrected chi connectivity index (χ1v) is 5.98. The van der Waals surface area contributed by atoms with E-state index in [0.717, 1.165) is 0 Å². The number of hydrogen-bond donors (Lipinski definition) is 3. The van der Waals surface area contributed by atoms with Gasteiger partial charge in [0, 0.05) is 6.20 Å². The van der Waals surface area contributed by atoms with Crippen molar-refractivity contribution in [1.29, 1.82) is 0 Å². The summed E-state index contributed by atoms with van der Waals surface area (Å²) in [6.07, 6.45) is -6.43. The Hall–Kier alpha value is -0.500. The molecular weight excluding hydrogens is 291 g/mol.